The molecular weight excluding hydrogens is 304 g/mol. The second-order valence-electron chi connectivity index (χ2n) is 5.69. The average molecular weight is 324 g/mol. The summed E-state index contributed by atoms with van der Waals surface area (Å²) in [5, 5.41) is 15.3. The van der Waals surface area contributed by atoms with Crippen molar-refractivity contribution in [3.8, 4) is 17.0 Å². The van der Waals surface area contributed by atoms with Crippen LogP contribution >= 0.6 is 0 Å². The molecule has 124 valence electrons. The molecule has 0 atom stereocenters. The molecular formula is C18H20N4O2. The lowest BCUT2D eigenvalue weighted by molar-refractivity contribution is 0.252. The Morgan fingerprint density at radius 3 is 2.79 bits per heavy atom. The lowest BCUT2D eigenvalue weighted by atomic mass is 10.1. The Morgan fingerprint density at radius 2 is 2.04 bits per heavy atom. The summed E-state index contributed by atoms with van der Waals surface area (Å²) in [6, 6.07) is 8.78. The smallest absolute Gasteiger partial charge is 0.319 e. The van der Waals surface area contributed by atoms with Gasteiger partial charge in [0.15, 0.2) is 0 Å². The van der Waals surface area contributed by atoms with Crippen molar-refractivity contribution in [1.29, 1.82) is 0 Å². The highest BCUT2D eigenvalue weighted by atomic mass is 16.3. The number of phenolic OH excluding ortho intramolecular Hbond substituents is 1. The van der Waals surface area contributed by atoms with Crippen LogP contribution in [0.15, 0.2) is 36.5 Å². The van der Waals surface area contributed by atoms with Gasteiger partial charge in [0, 0.05) is 24.0 Å². The fourth-order valence-corrected chi connectivity index (χ4v) is 2.65. The Labute approximate surface area is 140 Å². The van der Waals surface area contributed by atoms with E-state index in [-0.39, 0.29) is 11.8 Å². The van der Waals surface area contributed by atoms with Crippen LogP contribution in [0.1, 0.15) is 18.2 Å². The van der Waals surface area contributed by atoms with E-state index in [9.17, 15) is 9.90 Å². The first-order valence-electron chi connectivity index (χ1n) is 7.83. The number of rotatable bonds is 3. The van der Waals surface area contributed by atoms with Gasteiger partial charge in [0.1, 0.15) is 11.4 Å². The Balaban J connectivity index is 2.03. The van der Waals surface area contributed by atoms with Crippen molar-refractivity contribution in [1.82, 2.24) is 14.7 Å². The molecule has 6 nitrogen and oxygen atoms in total. The molecule has 0 saturated carbocycles. The van der Waals surface area contributed by atoms with E-state index in [2.05, 4.69) is 15.6 Å². The number of aromatic nitrogens is 2. The van der Waals surface area contributed by atoms with Crippen molar-refractivity contribution in [2.45, 2.75) is 20.8 Å². The van der Waals surface area contributed by atoms with Gasteiger partial charge in [0.2, 0.25) is 0 Å². The van der Waals surface area contributed by atoms with Crippen molar-refractivity contribution in [2.75, 3.05) is 11.9 Å². The maximum Gasteiger partial charge on any atom is 0.319 e. The Bertz CT molecular complexity index is 915. The Hall–Kier alpha value is -3.02. The summed E-state index contributed by atoms with van der Waals surface area (Å²) in [5.74, 6) is 0.0160. The van der Waals surface area contributed by atoms with Crippen LogP contribution in [-0.4, -0.2) is 27.1 Å². The number of hydrogen-bond donors (Lipinski definition) is 3. The summed E-state index contributed by atoms with van der Waals surface area (Å²) in [4.78, 5) is 16.4. The van der Waals surface area contributed by atoms with Gasteiger partial charge in [-0.15, -0.1) is 0 Å². The molecule has 3 aromatic rings. The molecule has 6 heteroatoms. The summed E-state index contributed by atoms with van der Waals surface area (Å²) in [6.45, 7) is 6.36. The van der Waals surface area contributed by atoms with Crippen LogP contribution in [0.2, 0.25) is 0 Å². The van der Waals surface area contributed by atoms with Crippen LogP contribution in [0.5, 0.6) is 5.75 Å². The van der Waals surface area contributed by atoms with Crippen molar-refractivity contribution in [3.63, 3.8) is 0 Å². The molecule has 2 heterocycles. The van der Waals surface area contributed by atoms with Gasteiger partial charge < -0.3 is 20.1 Å². The van der Waals surface area contributed by atoms with Gasteiger partial charge in [-0.05, 0) is 56.7 Å². The van der Waals surface area contributed by atoms with Crippen LogP contribution in [0.4, 0.5) is 10.5 Å². The molecule has 0 radical (unpaired) electrons. The molecule has 0 bridgehead atoms. The zero-order valence-electron chi connectivity index (χ0n) is 13.9. The normalized spacial score (nSPS) is 10.8. The number of carbonyl (C=O) groups excluding carboxylic acids is 1. The summed E-state index contributed by atoms with van der Waals surface area (Å²) < 4.78 is 2.02. The molecule has 0 saturated heterocycles. The first-order chi connectivity index (χ1) is 11.5. The van der Waals surface area contributed by atoms with Crippen molar-refractivity contribution < 1.29 is 9.90 Å². The fourth-order valence-electron chi connectivity index (χ4n) is 2.65. The van der Waals surface area contributed by atoms with Gasteiger partial charge in [0.05, 0.1) is 11.4 Å². The number of aromatic hydroxyl groups is 1. The average Bonchev–Trinajstić information content (AvgIpc) is 2.86. The summed E-state index contributed by atoms with van der Waals surface area (Å²) >= 11 is 0. The number of phenols is 1. The number of hydrogen-bond acceptors (Lipinski definition) is 3. The third-order valence-corrected chi connectivity index (χ3v) is 3.88. The van der Waals surface area contributed by atoms with Gasteiger partial charge in [-0.2, -0.15) is 0 Å². The van der Waals surface area contributed by atoms with E-state index in [1.165, 1.54) is 0 Å². The summed E-state index contributed by atoms with van der Waals surface area (Å²) in [6.07, 6.45) is 1.99. The quantitative estimate of drug-likeness (QED) is 0.646. The van der Waals surface area contributed by atoms with Crippen molar-refractivity contribution in [2.24, 2.45) is 0 Å². The van der Waals surface area contributed by atoms with E-state index in [1.807, 2.05) is 43.5 Å². The topological polar surface area (TPSA) is 78.7 Å². The highest BCUT2D eigenvalue weighted by Gasteiger charge is 2.13. The molecule has 2 amide bonds. The fraction of sp³-hybridized carbons (Fsp3) is 0.222. The summed E-state index contributed by atoms with van der Waals surface area (Å²) in [7, 11) is 0. The van der Waals surface area contributed by atoms with Crippen LogP contribution < -0.4 is 10.6 Å². The van der Waals surface area contributed by atoms with Gasteiger partial charge >= 0.3 is 6.03 Å². The number of anilines is 1. The van der Waals surface area contributed by atoms with E-state index in [0.717, 1.165) is 28.2 Å². The number of urea groups is 1. The lowest BCUT2D eigenvalue weighted by Crippen LogP contribution is -2.28. The van der Waals surface area contributed by atoms with Crippen LogP contribution in [0.25, 0.3) is 16.9 Å². The maximum absolute atomic E-state index is 11.7. The second-order valence-corrected chi connectivity index (χ2v) is 5.69. The van der Waals surface area contributed by atoms with Crippen LogP contribution in [-0.2, 0) is 0 Å². The number of pyridine rings is 1. The summed E-state index contributed by atoms with van der Waals surface area (Å²) in [5.41, 5.74) is 5.01. The SMILES string of the molecule is CCNC(=O)Nc1cc(-c2nc3cc(C)ccn3c2C)ccc1O. The number of imidazole rings is 1. The molecule has 3 rings (SSSR count). The zero-order chi connectivity index (χ0) is 17.3. The minimum Gasteiger partial charge on any atom is -0.506 e. The zero-order valence-corrected chi connectivity index (χ0v) is 13.9. The van der Waals surface area contributed by atoms with Crippen LogP contribution in [0, 0.1) is 13.8 Å². The number of nitrogens with one attached hydrogen (secondary N) is 2. The van der Waals surface area contributed by atoms with Crippen molar-refractivity contribution >= 4 is 17.4 Å². The molecule has 0 aliphatic heterocycles. The number of nitrogens with zero attached hydrogens (tertiary/aromatic N) is 2. The van der Waals surface area contributed by atoms with E-state index >= 15 is 0 Å². The van der Waals surface area contributed by atoms with Gasteiger partial charge in [0.25, 0.3) is 0 Å². The maximum atomic E-state index is 11.7. The molecule has 2 aromatic heterocycles. The van der Waals surface area contributed by atoms with E-state index in [4.69, 9.17) is 0 Å². The predicted octanol–water partition coefficient (Wildman–Crippen LogP) is 3.47. The molecule has 24 heavy (non-hydrogen) atoms. The number of aryl methyl sites for hydroxylation is 2. The highest BCUT2D eigenvalue weighted by molar-refractivity contribution is 5.92. The van der Waals surface area contributed by atoms with Gasteiger partial charge in [-0.1, -0.05) is 0 Å². The van der Waals surface area contributed by atoms with Gasteiger partial charge in [-0.25, -0.2) is 9.78 Å². The largest absolute Gasteiger partial charge is 0.506 e. The second kappa shape index (κ2) is 6.23. The first-order valence-corrected chi connectivity index (χ1v) is 7.83. The Morgan fingerprint density at radius 1 is 1.25 bits per heavy atom. The Kier molecular flexibility index (Phi) is 4.12. The molecule has 0 aliphatic rings. The monoisotopic (exact) mass is 324 g/mol. The molecule has 1 aromatic carbocycles. The first kappa shape index (κ1) is 15.9. The van der Waals surface area contributed by atoms with E-state index in [0.29, 0.717) is 12.2 Å². The molecule has 0 aliphatic carbocycles. The van der Waals surface area contributed by atoms with Gasteiger partial charge in [-0.3, -0.25) is 0 Å². The lowest BCUT2D eigenvalue weighted by Gasteiger charge is -2.09. The number of amides is 2. The minimum absolute atomic E-state index is 0.0160. The van der Waals surface area contributed by atoms with Crippen molar-refractivity contribution in [3.05, 3.63) is 47.8 Å². The standard InChI is InChI=1S/C18H20N4O2/c1-4-19-18(24)20-14-10-13(5-6-15(14)23)17-12(3)22-8-7-11(2)9-16(22)21-17/h5-10,23H,4H2,1-3H3,(H2,19,20,24). The predicted molar refractivity (Wildman–Crippen MR) is 94.5 cm³/mol. The van der Waals surface area contributed by atoms with E-state index in [1.54, 1.807) is 18.2 Å². The number of benzene rings is 1. The van der Waals surface area contributed by atoms with E-state index < -0.39 is 0 Å². The number of carbonyl (C=O) groups is 1. The van der Waals surface area contributed by atoms with Crippen LogP contribution in [0.3, 0.4) is 0 Å². The number of fused-ring (bicyclic) bond motifs is 1. The third-order valence-electron chi connectivity index (χ3n) is 3.88. The molecule has 3 N–H and O–H groups in total. The third kappa shape index (κ3) is 2.90. The molecule has 0 fully saturated rings. The molecule has 0 spiro atoms. The molecule has 0 unspecified atom stereocenters. The highest BCUT2D eigenvalue weighted by Crippen LogP contribution is 2.31. The minimum atomic E-state index is -0.354.